The summed E-state index contributed by atoms with van der Waals surface area (Å²) in [6, 6.07) is 0. The summed E-state index contributed by atoms with van der Waals surface area (Å²) >= 11 is 2.08. The predicted molar refractivity (Wildman–Crippen MR) is 70.2 cm³/mol. The molecule has 0 aromatic heterocycles. The molecule has 0 aromatic rings. The van der Waals surface area contributed by atoms with Crippen LogP contribution in [0.4, 0.5) is 0 Å². The molecule has 0 radical (unpaired) electrons. The van der Waals surface area contributed by atoms with E-state index >= 15 is 0 Å². The van der Waals surface area contributed by atoms with Gasteiger partial charge in [0.1, 0.15) is 0 Å². The van der Waals surface area contributed by atoms with Crippen LogP contribution < -0.4 is 5.32 Å². The van der Waals surface area contributed by atoms with E-state index in [0.29, 0.717) is 5.41 Å². The molecule has 0 aromatic carbocycles. The Kier molecular flexibility index (Phi) is 4.95. The summed E-state index contributed by atoms with van der Waals surface area (Å²) < 4.78 is 5.71. The van der Waals surface area contributed by atoms with Gasteiger partial charge in [-0.05, 0) is 19.9 Å². The van der Waals surface area contributed by atoms with Crippen molar-refractivity contribution >= 4 is 11.8 Å². The number of nitrogens with one attached hydrogen (secondary N) is 1. The zero-order chi connectivity index (χ0) is 11.3. The average Bonchev–Trinajstić information content (AvgIpc) is 2.31. The van der Waals surface area contributed by atoms with E-state index in [-0.39, 0.29) is 0 Å². The molecule has 1 N–H and O–H groups in total. The lowest BCUT2D eigenvalue weighted by atomic mass is 9.81. The van der Waals surface area contributed by atoms with Crippen LogP contribution in [0.2, 0.25) is 0 Å². The van der Waals surface area contributed by atoms with Crippen LogP contribution in [0.15, 0.2) is 0 Å². The van der Waals surface area contributed by atoms with Gasteiger partial charge < -0.3 is 15.0 Å². The van der Waals surface area contributed by atoms with Gasteiger partial charge in [-0.2, -0.15) is 11.8 Å². The maximum atomic E-state index is 5.71. The van der Waals surface area contributed by atoms with Gasteiger partial charge >= 0.3 is 0 Å². The van der Waals surface area contributed by atoms with Crippen molar-refractivity contribution in [1.29, 1.82) is 0 Å². The highest BCUT2D eigenvalue weighted by Crippen LogP contribution is 2.29. The Morgan fingerprint density at radius 3 is 2.81 bits per heavy atom. The van der Waals surface area contributed by atoms with Crippen molar-refractivity contribution in [1.82, 2.24) is 10.2 Å². The Morgan fingerprint density at radius 1 is 1.38 bits per heavy atom. The second kappa shape index (κ2) is 6.24. The molecule has 3 nitrogen and oxygen atoms in total. The van der Waals surface area contributed by atoms with Crippen molar-refractivity contribution in [2.75, 3.05) is 57.9 Å². The third kappa shape index (κ3) is 3.36. The van der Waals surface area contributed by atoms with E-state index in [2.05, 4.69) is 29.0 Å². The van der Waals surface area contributed by atoms with E-state index in [4.69, 9.17) is 4.74 Å². The van der Waals surface area contributed by atoms with Crippen LogP contribution in [0.1, 0.15) is 12.8 Å². The fourth-order valence-corrected chi connectivity index (χ4v) is 3.82. The molecule has 1 atom stereocenters. The van der Waals surface area contributed by atoms with E-state index in [1.807, 2.05) is 0 Å². The van der Waals surface area contributed by atoms with Crippen LogP contribution in [0, 0.1) is 5.41 Å². The van der Waals surface area contributed by atoms with Crippen LogP contribution in [0.25, 0.3) is 0 Å². The van der Waals surface area contributed by atoms with Gasteiger partial charge in [0, 0.05) is 49.7 Å². The van der Waals surface area contributed by atoms with Gasteiger partial charge in [0.05, 0.1) is 6.61 Å². The normalized spacial score (nSPS) is 32.8. The molecule has 94 valence electrons. The lowest BCUT2D eigenvalue weighted by Gasteiger charge is -2.41. The third-order valence-corrected chi connectivity index (χ3v) is 4.56. The molecule has 4 heteroatoms. The number of ether oxygens (including phenoxy) is 1. The molecule has 0 spiro atoms. The molecular formula is C12H24N2OS. The van der Waals surface area contributed by atoms with Gasteiger partial charge in [-0.1, -0.05) is 0 Å². The Hall–Kier alpha value is 0.230. The van der Waals surface area contributed by atoms with Crippen LogP contribution in [0.3, 0.4) is 0 Å². The largest absolute Gasteiger partial charge is 0.381 e. The minimum absolute atomic E-state index is 0.370. The van der Waals surface area contributed by atoms with Crippen molar-refractivity contribution in [2.24, 2.45) is 5.41 Å². The fourth-order valence-electron chi connectivity index (χ4n) is 2.84. The van der Waals surface area contributed by atoms with Gasteiger partial charge in [-0.25, -0.2) is 0 Å². The minimum Gasteiger partial charge on any atom is -0.381 e. The predicted octanol–water partition coefficient (Wildman–Crippen LogP) is 1.05. The molecule has 16 heavy (non-hydrogen) atoms. The van der Waals surface area contributed by atoms with Gasteiger partial charge in [-0.3, -0.25) is 0 Å². The van der Waals surface area contributed by atoms with Crippen LogP contribution >= 0.6 is 11.8 Å². The van der Waals surface area contributed by atoms with Crippen molar-refractivity contribution < 1.29 is 4.74 Å². The topological polar surface area (TPSA) is 24.5 Å². The highest BCUT2D eigenvalue weighted by Gasteiger charge is 2.34. The zero-order valence-corrected chi connectivity index (χ0v) is 11.2. The van der Waals surface area contributed by atoms with E-state index in [1.165, 1.54) is 44.0 Å². The molecule has 1 unspecified atom stereocenters. The summed E-state index contributed by atoms with van der Waals surface area (Å²) in [5.74, 6) is 2.60. The maximum absolute atomic E-state index is 5.71. The SMILES string of the molecule is CNCC1(CN2CCSCC2)CCCOC1. The molecule has 2 heterocycles. The van der Waals surface area contributed by atoms with Gasteiger partial charge in [0.2, 0.25) is 0 Å². The summed E-state index contributed by atoms with van der Waals surface area (Å²) in [4.78, 5) is 2.63. The van der Waals surface area contributed by atoms with Crippen molar-refractivity contribution in [2.45, 2.75) is 12.8 Å². The summed E-state index contributed by atoms with van der Waals surface area (Å²) in [5.41, 5.74) is 0.370. The summed E-state index contributed by atoms with van der Waals surface area (Å²) in [6.45, 7) is 6.73. The Balaban J connectivity index is 1.89. The molecule has 0 bridgehead atoms. The van der Waals surface area contributed by atoms with Crippen LogP contribution in [-0.4, -0.2) is 62.8 Å². The van der Waals surface area contributed by atoms with E-state index in [0.717, 1.165) is 19.8 Å². The number of hydrogen-bond donors (Lipinski definition) is 1. The molecule has 0 amide bonds. The summed E-state index contributed by atoms with van der Waals surface area (Å²) in [6.07, 6.45) is 2.54. The second-order valence-electron chi connectivity index (χ2n) is 5.07. The van der Waals surface area contributed by atoms with Crippen molar-refractivity contribution in [3.63, 3.8) is 0 Å². The Bertz CT molecular complexity index is 196. The molecule has 0 aliphatic carbocycles. The number of thioether (sulfide) groups is 1. The minimum atomic E-state index is 0.370. The third-order valence-electron chi connectivity index (χ3n) is 3.62. The number of nitrogens with zero attached hydrogens (tertiary/aromatic N) is 1. The van der Waals surface area contributed by atoms with Crippen LogP contribution in [0.5, 0.6) is 0 Å². The quantitative estimate of drug-likeness (QED) is 0.799. The highest BCUT2D eigenvalue weighted by molar-refractivity contribution is 7.99. The number of rotatable bonds is 4. The Morgan fingerprint density at radius 2 is 2.19 bits per heavy atom. The molecule has 2 aliphatic rings. The number of hydrogen-bond acceptors (Lipinski definition) is 4. The molecule has 2 fully saturated rings. The molecular weight excluding hydrogens is 220 g/mol. The fraction of sp³-hybridized carbons (Fsp3) is 1.00. The van der Waals surface area contributed by atoms with E-state index < -0.39 is 0 Å². The van der Waals surface area contributed by atoms with E-state index in [1.54, 1.807) is 0 Å². The van der Waals surface area contributed by atoms with Gasteiger partial charge in [0.15, 0.2) is 0 Å². The smallest absolute Gasteiger partial charge is 0.0546 e. The highest BCUT2D eigenvalue weighted by atomic mass is 32.2. The summed E-state index contributed by atoms with van der Waals surface area (Å²) in [7, 11) is 2.06. The summed E-state index contributed by atoms with van der Waals surface area (Å²) in [5, 5.41) is 3.36. The molecule has 2 aliphatic heterocycles. The average molecular weight is 244 g/mol. The lowest BCUT2D eigenvalue weighted by Crippen LogP contribution is -2.50. The standard InChI is InChI=1S/C12H24N2OS/c1-13-9-12(3-2-6-15-11-12)10-14-4-7-16-8-5-14/h13H,2-11H2,1H3. The first kappa shape index (κ1) is 12.7. The zero-order valence-electron chi connectivity index (χ0n) is 10.3. The van der Waals surface area contributed by atoms with E-state index in [9.17, 15) is 0 Å². The first-order valence-corrected chi connectivity index (χ1v) is 7.53. The molecule has 2 saturated heterocycles. The molecule has 2 rings (SSSR count). The second-order valence-corrected chi connectivity index (χ2v) is 6.30. The van der Waals surface area contributed by atoms with Gasteiger partial charge in [0.25, 0.3) is 0 Å². The first-order valence-electron chi connectivity index (χ1n) is 6.37. The van der Waals surface area contributed by atoms with Gasteiger partial charge in [-0.15, -0.1) is 0 Å². The Labute approximate surface area is 103 Å². The van der Waals surface area contributed by atoms with Crippen molar-refractivity contribution in [3.8, 4) is 0 Å². The first-order chi connectivity index (χ1) is 7.85. The van der Waals surface area contributed by atoms with Crippen molar-refractivity contribution in [3.05, 3.63) is 0 Å². The van der Waals surface area contributed by atoms with Crippen LogP contribution in [-0.2, 0) is 4.74 Å². The maximum Gasteiger partial charge on any atom is 0.0546 e. The lowest BCUT2D eigenvalue weighted by molar-refractivity contribution is -0.0240. The molecule has 0 saturated carbocycles. The monoisotopic (exact) mass is 244 g/mol.